The van der Waals surface area contributed by atoms with Crippen LogP contribution < -0.4 is 26.2 Å². The number of pyridine rings is 1. The number of hydrogen-bond acceptors (Lipinski definition) is 7. The first-order valence-corrected chi connectivity index (χ1v) is 13.9. The number of aromatic nitrogens is 3. The summed E-state index contributed by atoms with van der Waals surface area (Å²) in [5, 5.41) is 20.1. The van der Waals surface area contributed by atoms with Crippen molar-refractivity contribution in [2.75, 3.05) is 43.1 Å². The Morgan fingerprint density at radius 1 is 1.05 bits per heavy atom. The summed E-state index contributed by atoms with van der Waals surface area (Å²) in [5.41, 5.74) is 0.249. The van der Waals surface area contributed by atoms with E-state index in [4.69, 9.17) is 27.9 Å². The first kappa shape index (κ1) is 29.8. The number of urea groups is 2. The molecule has 2 aromatic heterocycles. The normalized spacial score (nSPS) is 14.5. The largest absolute Gasteiger partial charge is 0.508 e. The summed E-state index contributed by atoms with van der Waals surface area (Å²) in [4.78, 5) is 45.5. The van der Waals surface area contributed by atoms with Crippen molar-refractivity contribution < 1.29 is 19.4 Å². The van der Waals surface area contributed by atoms with Crippen LogP contribution in [0.3, 0.4) is 0 Å². The van der Waals surface area contributed by atoms with Gasteiger partial charge in [-0.3, -0.25) is 20.5 Å². The van der Waals surface area contributed by atoms with Gasteiger partial charge in [-0.25, -0.2) is 19.3 Å². The molecule has 15 heteroatoms. The Labute approximate surface area is 256 Å². The molecule has 1 aliphatic rings. The number of phenolic OH excluding ortho intramolecular Hbond substituents is 1. The maximum absolute atomic E-state index is 12.8. The number of H-pyrrole nitrogens is 1. The average Bonchev–Trinajstić information content (AvgIpc) is 3.61. The summed E-state index contributed by atoms with van der Waals surface area (Å²) in [6.07, 6.45) is 2.39. The van der Waals surface area contributed by atoms with E-state index in [0.29, 0.717) is 36.4 Å². The van der Waals surface area contributed by atoms with Crippen molar-refractivity contribution in [3.05, 3.63) is 81.2 Å². The predicted molar refractivity (Wildman–Crippen MR) is 164 cm³/mol. The van der Waals surface area contributed by atoms with E-state index >= 15 is 0 Å². The van der Waals surface area contributed by atoms with Crippen LogP contribution in [0.25, 0.3) is 5.69 Å². The maximum atomic E-state index is 12.8. The third-order valence-corrected chi connectivity index (χ3v) is 7.61. The molecule has 1 aliphatic heterocycles. The van der Waals surface area contributed by atoms with E-state index in [1.165, 1.54) is 41.2 Å². The summed E-state index contributed by atoms with van der Waals surface area (Å²) < 4.78 is 7.25. The molecule has 224 valence electrons. The zero-order valence-electron chi connectivity index (χ0n) is 23.1. The van der Waals surface area contributed by atoms with Gasteiger partial charge < -0.3 is 25.0 Å². The monoisotopic (exact) mass is 626 g/mol. The van der Waals surface area contributed by atoms with E-state index in [9.17, 15) is 19.5 Å². The topological polar surface area (TPSA) is 157 Å². The second kappa shape index (κ2) is 12.7. The second-order valence-electron chi connectivity index (χ2n) is 9.94. The number of halogens is 2. The van der Waals surface area contributed by atoms with E-state index in [1.807, 2.05) is 14.1 Å². The van der Waals surface area contributed by atoms with Crippen LogP contribution in [-0.2, 0) is 0 Å². The molecule has 0 spiro atoms. The molecule has 2 aromatic carbocycles. The van der Waals surface area contributed by atoms with E-state index in [1.54, 1.807) is 29.2 Å². The molecule has 0 radical (unpaired) electrons. The Morgan fingerprint density at radius 2 is 1.81 bits per heavy atom. The Kier molecular flexibility index (Phi) is 8.76. The highest BCUT2D eigenvalue weighted by Crippen LogP contribution is 2.39. The fourth-order valence-electron chi connectivity index (χ4n) is 4.47. The number of aromatic hydroxyl groups is 1. The number of carbonyl (C=O) groups excluding carboxylic acids is 2. The lowest BCUT2D eigenvalue weighted by molar-refractivity contribution is 0.216. The van der Waals surface area contributed by atoms with Gasteiger partial charge in [-0.15, -0.1) is 0 Å². The molecular formula is C28H28Cl2N8O5. The van der Waals surface area contributed by atoms with Gasteiger partial charge in [0, 0.05) is 37.5 Å². The Balaban J connectivity index is 1.23. The van der Waals surface area contributed by atoms with Crippen LogP contribution in [0.1, 0.15) is 6.42 Å². The second-order valence-corrected chi connectivity index (χ2v) is 10.7. The fraction of sp³-hybridized carbons (Fsp3) is 0.214. The lowest BCUT2D eigenvalue weighted by Crippen LogP contribution is -2.36. The predicted octanol–water partition coefficient (Wildman–Crippen LogP) is 5.18. The molecule has 3 heterocycles. The molecule has 0 bridgehead atoms. The minimum Gasteiger partial charge on any atom is -0.508 e. The molecule has 1 saturated heterocycles. The van der Waals surface area contributed by atoms with Crippen molar-refractivity contribution in [2.24, 2.45) is 0 Å². The van der Waals surface area contributed by atoms with Crippen LogP contribution in [0.15, 0.2) is 65.6 Å². The number of carbonyl (C=O) groups is 2. The van der Waals surface area contributed by atoms with E-state index in [0.717, 1.165) is 6.42 Å². The molecule has 0 saturated carbocycles. The summed E-state index contributed by atoms with van der Waals surface area (Å²) >= 11 is 12.9. The van der Waals surface area contributed by atoms with Crippen molar-refractivity contribution in [2.45, 2.75) is 12.5 Å². The Morgan fingerprint density at radius 3 is 2.53 bits per heavy atom. The molecule has 4 amide bonds. The first-order valence-electron chi connectivity index (χ1n) is 13.1. The number of likely N-dealkylation sites (tertiary alicyclic amines) is 1. The molecule has 0 aliphatic carbocycles. The highest BCUT2D eigenvalue weighted by atomic mass is 35.5. The van der Waals surface area contributed by atoms with Crippen molar-refractivity contribution in [3.8, 4) is 22.9 Å². The smallest absolute Gasteiger partial charge is 0.324 e. The molecule has 5 N–H and O–H groups in total. The summed E-state index contributed by atoms with van der Waals surface area (Å²) in [7, 11) is 3.98. The number of aromatic amines is 1. The lowest BCUT2D eigenvalue weighted by Gasteiger charge is -2.20. The Hall–Kier alpha value is -4.72. The molecule has 43 heavy (non-hydrogen) atoms. The lowest BCUT2D eigenvalue weighted by atomic mass is 10.2. The third-order valence-electron chi connectivity index (χ3n) is 6.75. The standard InChI is InChI=1S/C28H28Cl2N8O5/c1-36(2)17-10-12-37(15-17)28(42)33-22-13-19(9-11-31-22)43-21-8-7-20(25(29)26(21)30)32-27(41)34-23-14-24(40)35-38(23)16-3-5-18(39)6-4-16/h3-9,11,13-14,17,39H,10,12,15H2,1-2H3,(H,35,40)(H,31,33,42)(H2,32,34,41)/t17-/m1/s1. The van der Waals surface area contributed by atoms with Gasteiger partial charge in [0.1, 0.15) is 33.9 Å². The number of rotatable bonds is 7. The number of ether oxygens (including phenoxy) is 1. The van der Waals surface area contributed by atoms with Crippen LogP contribution in [-0.4, -0.2) is 75.0 Å². The molecule has 1 fully saturated rings. The van der Waals surface area contributed by atoms with Crippen LogP contribution in [0.2, 0.25) is 10.0 Å². The van der Waals surface area contributed by atoms with Crippen LogP contribution >= 0.6 is 23.2 Å². The molecule has 1 atom stereocenters. The van der Waals surface area contributed by atoms with Gasteiger partial charge in [-0.1, -0.05) is 23.2 Å². The van der Waals surface area contributed by atoms with Crippen molar-refractivity contribution >= 4 is 52.6 Å². The van der Waals surface area contributed by atoms with Crippen LogP contribution in [0, 0.1) is 0 Å². The summed E-state index contributed by atoms with van der Waals surface area (Å²) in [6, 6.07) is 12.8. The van der Waals surface area contributed by atoms with Gasteiger partial charge in [-0.2, -0.15) is 0 Å². The number of amides is 4. The quantitative estimate of drug-likeness (QED) is 0.189. The van der Waals surface area contributed by atoms with Gasteiger partial charge in [0.25, 0.3) is 5.56 Å². The number of nitrogens with one attached hydrogen (secondary N) is 4. The van der Waals surface area contributed by atoms with E-state index < -0.39 is 11.6 Å². The minimum atomic E-state index is -0.692. The van der Waals surface area contributed by atoms with Crippen molar-refractivity contribution in [3.63, 3.8) is 0 Å². The number of anilines is 3. The highest BCUT2D eigenvalue weighted by Gasteiger charge is 2.27. The van der Waals surface area contributed by atoms with Gasteiger partial charge in [-0.05, 0) is 63.0 Å². The van der Waals surface area contributed by atoms with Gasteiger partial charge in [0.2, 0.25) is 0 Å². The zero-order chi connectivity index (χ0) is 30.7. The van der Waals surface area contributed by atoms with E-state index in [-0.39, 0.29) is 39.1 Å². The highest BCUT2D eigenvalue weighted by molar-refractivity contribution is 6.45. The molecule has 5 rings (SSSR count). The fourth-order valence-corrected chi connectivity index (χ4v) is 4.88. The van der Waals surface area contributed by atoms with Crippen molar-refractivity contribution in [1.82, 2.24) is 24.6 Å². The van der Waals surface area contributed by atoms with Crippen LogP contribution in [0.5, 0.6) is 17.2 Å². The molecule has 13 nitrogen and oxygen atoms in total. The molecule has 0 unspecified atom stereocenters. The number of benzene rings is 2. The number of phenols is 1. The maximum Gasteiger partial charge on any atom is 0.324 e. The number of likely N-dealkylation sites (N-methyl/N-ethyl adjacent to an activating group) is 1. The third kappa shape index (κ3) is 7.02. The van der Waals surface area contributed by atoms with Gasteiger partial charge in [0.15, 0.2) is 0 Å². The molecular weight excluding hydrogens is 599 g/mol. The molecule has 4 aromatic rings. The summed E-state index contributed by atoms with van der Waals surface area (Å²) in [6.45, 7) is 1.28. The Bertz CT molecular complexity index is 1710. The first-order chi connectivity index (χ1) is 20.6. The number of nitrogens with zero attached hydrogens (tertiary/aromatic N) is 4. The van der Waals surface area contributed by atoms with E-state index in [2.05, 4.69) is 30.9 Å². The average molecular weight is 627 g/mol. The van der Waals surface area contributed by atoms with Gasteiger partial charge >= 0.3 is 12.1 Å². The summed E-state index contributed by atoms with van der Waals surface area (Å²) in [5.74, 6) is 1.08. The van der Waals surface area contributed by atoms with Gasteiger partial charge in [0.05, 0.1) is 16.4 Å². The van der Waals surface area contributed by atoms with Crippen molar-refractivity contribution in [1.29, 1.82) is 0 Å². The minimum absolute atomic E-state index is 0.0198. The van der Waals surface area contributed by atoms with Crippen LogP contribution in [0.4, 0.5) is 26.9 Å². The zero-order valence-corrected chi connectivity index (χ0v) is 24.6. The number of hydrogen-bond donors (Lipinski definition) is 5. The SMILES string of the molecule is CN(C)[C@@H]1CCN(C(=O)Nc2cc(Oc3ccc(NC(=O)Nc4cc(=O)[nH]n4-c4ccc(O)cc4)c(Cl)c3Cl)ccn2)C1.